The zero-order valence-electron chi connectivity index (χ0n) is 66.5. The van der Waals surface area contributed by atoms with Crippen LogP contribution >= 0.6 is 0 Å². The van der Waals surface area contributed by atoms with E-state index in [0.717, 1.165) is 106 Å². The SMILES string of the molecule is CCCCCCCCCCOc1ccc(C#Cc2ccc(OCCCCCCCCCC)c(C#C[Si](C(C)C)(C(C)C)C(C)C)c2)c(C#CC#Cc2cc(C#Cc3ccc(OCCCCCCCCCC)cc3C#C[Si](C(C)C)(C(C)C)C(C)C)ccc2OCCCCCCCCCC)c1. The summed E-state index contributed by atoms with van der Waals surface area (Å²) in [5, 5.41) is 0. The van der Waals surface area contributed by atoms with Gasteiger partial charge in [0.2, 0.25) is 0 Å². The molecule has 100 heavy (non-hydrogen) atoms. The van der Waals surface area contributed by atoms with E-state index >= 15 is 0 Å². The fraction of sp³-hybridized carbons (Fsp3) is 0.617. The third-order valence-electron chi connectivity index (χ3n) is 20.7. The van der Waals surface area contributed by atoms with Crippen molar-refractivity contribution in [1.29, 1.82) is 0 Å². The van der Waals surface area contributed by atoms with Gasteiger partial charge in [0.05, 0.1) is 37.6 Å². The van der Waals surface area contributed by atoms with Gasteiger partial charge in [0.25, 0.3) is 0 Å². The highest BCUT2D eigenvalue weighted by molar-refractivity contribution is 6.91. The highest BCUT2D eigenvalue weighted by Gasteiger charge is 2.43. The number of ether oxygens (including phenoxy) is 4. The van der Waals surface area contributed by atoms with E-state index in [-0.39, 0.29) is 0 Å². The van der Waals surface area contributed by atoms with E-state index in [1.807, 2.05) is 18.2 Å². The second-order valence-corrected chi connectivity index (χ2v) is 41.6. The molecule has 0 unspecified atom stereocenters. The molecule has 0 aliphatic carbocycles. The highest BCUT2D eigenvalue weighted by atomic mass is 28.3. The average molecular weight is 1390 g/mol. The molecule has 0 fully saturated rings. The second-order valence-electron chi connectivity index (χ2n) is 30.4. The molecule has 4 rings (SSSR count). The molecule has 0 radical (unpaired) electrons. The lowest BCUT2D eigenvalue weighted by atomic mass is 10.1. The van der Waals surface area contributed by atoms with Gasteiger partial charge in [-0.3, -0.25) is 0 Å². The summed E-state index contributed by atoms with van der Waals surface area (Å²) in [5.74, 6) is 38.4. The number of rotatable bonds is 46. The molecule has 6 heteroatoms. The molecule has 4 aromatic carbocycles. The predicted octanol–water partition coefficient (Wildman–Crippen LogP) is 27.1. The number of benzene rings is 4. The van der Waals surface area contributed by atoms with Crippen LogP contribution in [0, 0.1) is 70.3 Å². The van der Waals surface area contributed by atoms with Crippen LogP contribution in [0.4, 0.5) is 0 Å². The highest BCUT2D eigenvalue weighted by Crippen LogP contribution is 2.42. The van der Waals surface area contributed by atoms with E-state index in [1.165, 1.54) is 167 Å². The predicted molar refractivity (Wildman–Crippen MR) is 440 cm³/mol. The lowest BCUT2D eigenvalue weighted by Gasteiger charge is -2.38. The minimum absolute atomic E-state index is 0.510. The van der Waals surface area contributed by atoms with Gasteiger partial charge in [0.1, 0.15) is 39.1 Å². The molecule has 0 aromatic heterocycles. The monoisotopic (exact) mass is 1390 g/mol. The maximum absolute atomic E-state index is 6.60. The first-order valence-electron chi connectivity index (χ1n) is 40.7. The molecular formula is C94H138O4Si2. The molecule has 0 aliphatic heterocycles. The summed E-state index contributed by atoms with van der Waals surface area (Å²) in [4.78, 5) is 0. The minimum atomic E-state index is -2.05. The molecule has 0 bridgehead atoms. The van der Waals surface area contributed by atoms with Crippen molar-refractivity contribution >= 4 is 16.1 Å². The zero-order chi connectivity index (χ0) is 72.6. The molecule has 0 spiro atoms. The summed E-state index contributed by atoms with van der Waals surface area (Å²) in [6.45, 7) is 40.3. The first kappa shape index (κ1) is 86.3. The number of hydrogen-bond acceptors (Lipinski definition) is 4. The topological polar surface area (TPSA) is 36.9 Å². The Hall–Kier alpha value is -6.13. The maximum atomic E-state index is 6.60. The van der Waals surface area contributed by atoms with Crippen molar-refractivity contribution in [2.75, 3.05) is 26.4 Å². The normalized spacial score (nSPS) is 11.3. The van der Waals surface area contributed by atoms with Crippen LogP contribution in [0.15, 0.2) is 72.8 Å². The van der Waals surface area contributed by atoms with Crippen molar-refractivity contribution < 1.29 is 18.9 Å². The average Bonchev–Trinajstić information content (AvgIpc) is 0.807. The van der Waals surface area contributed by atoms with Crippen LogP contribution in [0.25, 0.3) is 0 Å². The summed E-state index contributed by atoms with van der Waals surface area (Å²) >= 11 is 0. The van der Waals surface area contributed by atoms with Crippen LogP contribution < -0.4 is 18.9 Å². The van der Waals surface area contributed by atoms with Crippen molar-refractivity contribution in [3.8, 4) is 93.3 Å². The Morgan fingerprint density at radius 2 is 0.520 bits per heavy atom. The van der Waals surface area contributed by atoms with Crippen LogP contribution in [0.3, 0.4) is 0 Å². The first-order chi connectivity index (χ1) is 48.5. The Bertz CT molecular complexity index is 3300. The standard InChI is InChI=1S/C94H138O4Si2/c1-17-21-25-29-33-37-41-47-67-95-91-61-59-85(57-53-84-56-64-94(98-70-50-44-40-36-32-28-24-20-4)90(74-84)66-72-100(80(11)12,81(13)14)82(15)16)87(75-91)51-45-46-52-89-73-83(55-63-93(89)97-69-49-43-39-35-31-27-23-19-3)54-58-86-60-62-92(96-68-48-42-38-34-30-26-22-18-2)76-88(86)65-71-99(77(5)6,78(7)8)79(9)10/h55-56,59-64,73-82H,17-44,47-50,67-70H2,1-16H3. The molecule has 4 aromatic rings. The smallest absolute Gasteiger partial charge is 0.146 e. The third-order valence-corrected chi connectivity index (χ3v) is 33.3. The number of unbranched alkanes of at least 4 members (excludes halogenated alkanes) is 28. The van der Waals surface area contributed by atoms with Crippen molar-refractivity contribution in [2.45, 2.75) is 349 Å². The zero-order valence-corrected chi connectivity index (χ0v) is 68.5. The summed E-state index contributed by atoms with van der Waals surface area (Å²) in [6, 6.07) is 24.9. The molecular weight excluding hydrogens is 1250 g/mol. The molecule has 0 aliphatic rings. The summed E-state index contributed by atoms with van der Waals surface area (Å²) in [5.41, 5.74) is 17.9. The Morgan fingerprint density at radius 1 is 0.250 bits per heavy atom. The summed E-state index contributed by atoms with van der Waals surface area (Å²) in [7, 11) is -4.08. The van der Waals surface area contributed by atoms with Gasteiger partial charge in [-0.05, 0) is 149 Å². The van der Waals surface area contributed by atoms with Crippen LogP contribution in [0.5, 0.6) is 23.0 Å². The van der Waals surface area contributed by atoms with Gasteiger partial charge in [-0.1, -0.05) is 332 Å². The van der Waals surface area contributed by atoms with Crippen molar-refractivity contribution in [3.05, 3.63) is 117 Å². The molecule has 0 saturated heterocycles. The maximum Gasteiger partial charge on any atom is 0.146 e. The minimum Gasteiger partial charge on any atom is -0.494 e. The van der Waals surface area contributed by atoms with E-state index in [9.17, 15) is 0 Å². The van der Waals surface area contributed by atoms with Gasteiger partial charge in [0, 0.05) is 33.4 Å². The van der Waals surface area contributed by atoms with Crippen molar-refractivity contribution in [1.82, 2.24) is 0 Å². The van der Waals surface area contributed by atoms with E-state index in [4.69, 9.17) is 18.9 Å². The first-order valence-corrected chi connectivity index (χ1v) is 45.1. The van der Waals surface area contributed by atoms with Crippen LogP contribution in [0.2, 0.25) is 33.2 Å². The van der Waals surface area contributed by atoms with Gasteiger partial charge in [0.15, 0.2) is 0 Å². The molecule has 546 valence electrons. The third kappa shape index (κ3) is 31.6. The van der Waals surface area contributed by atoms with Gasteiger partial charge in [-0.15, -0.1) is 11.1 Å². The lowest BCUT2D eigenvalue weighted by molar-refractivity contribution is 0.303. The van der Waals surface area contributed by atoms with E-state index in [0.29, 0.717) is 59.7 Å². The van der Waals surface area contributed by atoms with Gasteiger partial charge >= 0.3 is 0 Å². The Labute approximate surface area is 617 Å². The van der Waals surface area contributed by atoms with Gasteiger partial charge in [-0.2, -0.15) is 0 Å². The molecule has 0 atom stereocenters. The number of hydrogen-bond donors (Lipinski definition) is 0. The van der Waals surface area contributed by atoms with Gasteiger partial charge in [-0.25, -0.2) is 0 Å². The van der Waals surface area contributed by atoms with Crippen LogP contribution in [-0.2, 0) is 0 Å². The quantitative estimate of drug-likeness (QED) is 0.0251. The fourth-order valence-corrected chi connectivity index (χ4v) is 25.1. The van der Waals surface area contributed by atoms with Gasteiger partial charge < -0.3 is 18.9 Å². The molecule has 0 N–H and O–H groups in total. The van der Waals surface area contributed by atoms with E-state index < -0.39 is 16.1 Å². The Kier molecular flexibility index (Phi) is 44.1. The largest absolute Gasteiger partial charge is 0.494 e. The molecule has 0 heterocycles. The summed E-state index contributed by atoms with van der Waals surface area (Å²) in [6.07, 6.45) is 40.0. The Balaban J connectivity index is 1.81. The second kappa shape index (κ2) is 51.1. The fourth-order valence-electron chi connectivity index (χ4n) is 14.7. The van der Waals surface area contributed by atoms with Crippen molar-refractivity contribution in [3.63, 3.8) is 0 Å². The van der Waals surface area contributed by atoms with E-state index in [2.05, 4.69) is 236 Å². The van der Waals surface area contributed by atoms with E-state index in [1.54, 1.807) is 0 Å². The molecule has 4 nitrogen and oxygen atoms in total. The van der Waals surface area contributed by atoms with Crippen LogP contribution in [-0.4, -0.2) is 42.6 Å². The van der Waals surface area contributed by atoms with Crippen LogP contribution in [0.1, 0.15) is 361 Å². The summed E-state index contributed by atoms with van der Waals surface area (Å²) < 4.78 is 26.1. The van der Waals surface area contributed by atoms with Crippen molar-refractivity contribution in [2.24, 2.45) is 0 Å². The Morgan fingerprint density at radius 3 is 0.840 bits per heavy atom. The molecule has 0 saturated carbocycles. The molecule has 0 amide bonds. The lowest BCUT2D eigenvalue weighted by Crippen LogP contribution is -2.43.